The molecule has 2 aromatic rings. The van der Waals surface area contributed by atoms with Gasteiger partial charge in [0, 0.05) is 30.7 Å². The fourth-order valence-corrected chi connectivity index (χ4v) is 4.08. The molecule has 5 nitrogen and oxygen atoms in total. The van der Waals surface area contributed by atoms with Gasteiger partial charge in [0.25, 0.3) is 5.91 Å². The highest BCUT2D eigenvalue weighted by molar-refractivity contribution is 8.18. The van der Waals surface area contributed by atoms with Crippen LogP contribution < -0.4 is 0 Å². The summed E-state index contributed by atoms with van der Waals surface area (Å²) < 4.78 is 15.9. The van der Waals surface area contributed by atoms with E-state index in [2.05, 4.69) is 9.98 Å². The Labute approximate surface area is 156 Å². The van der Waals surface area contributed by atoms with Gasteiger partial charge < -0.3 is 4.57 Å². The Morgan fingerprint density at radius 1 is 1.35 bits per heavy atom. The lowest BCUT2D eigenvalue weighted by Crippen LogP contribution is -2.28. The van der Waals surface area contributed by atoms with Crippen LogP contribution in [0.1, 0.15) is 30.8 Å². The third-order valence-corrected chi connectivity index (χ3v) is 5.25. The van der Waals surface area contributed by atoms with Crippen molar-refractivity contribution in [1.82, 2.24) is 14.5 Å². The van der Waals surface area contributed by atoms with Crippen LogP contribution in [0.3, 0.4) is 0 Å². The van der Waals surface area contributed by atoms with Crippen molar-refractivity contribution in [2.24, 2.45) is 4.99 Å². The van der Waals surface area contributed by atoms with Gasteiger partial charge in [0.1, 0.15) is 0 Å². The van der Waals surface area contributed by atoms with Crippen molar-refractivity contribution in [2.45, 2.75) is 27.7 Å². The number of pyridine rings is 1. The minimum absolute atomic E-state index is 0.0430. The molecule has 1 saturated heterocycles. The number of halogens is 1. The topological polar surface area (TPSA) is 50.5 Å². The van der Waals surface area contributed by atoms with Gasteiger partial charge in [-0.3, -0.25) is 14.7 Å². The zero-order valence-electron chi connectivity index (χ0n) is 15.3. The van der Waals surface area contributed by atoms with Gasteiger partial charge in [-0.1, -0.05) is 0 Å². The Bertz CT molecular complexity index is 916. The first-order valence-corrected chi connectivity index (χ1v) is 9.35. The van der Waals surface area contributed by atoms with E-state index in [1.54, 1.807) is 21.7 Å². The summed E-state index contributed by atoms with van der Waals surface area (Å²) in [4.78, 5) is 23.5. The molecule has 1 fully saturated rings. The highest BCUT2D eigenvalue weighted by Crippen LogP contribution is 2.33. The third-order valence-electron chi connectivity index (χ3n) is 4.21. The molecule has 0 atom stereocenters. The van der Waals surface area contributed by atoms with Crippen LogP contribution >= 0.6 is 11.8 Å². The second-order valence-electron chi connectivity index (χ2n) is 5.89. The normalized spacial score (nSPS) is 17.7. The number of rotatable bonds is 4. The Hall–Kier alpha value is -2.41. The van der Waals surface area contributed by atoms with Crippen LogP contribution in [0.5, 0.6) is 0 Å². The lowest BCUT2D eigenvalue weighted by atomic mass is 10.2. The first kappa shape index (κ1) is 18.4. The number of hydrogen-bond donors (Lipinski definition) is 0. The molecule has 0 radical (unpaired) electrons. The maximum atomic E-state index is 14.2. The van der Waals surface area contributed by atoms with Crippen LogP contribution in [0.2, 0.25) is 0 Å². The molecule has 0 saturated carbocycles. The second-order valence-corrected chi connectivity index (χ2v) is 6.90. The molecule has 7 heteroatoms. The fraction of sp³-hybridized carbons (Fsp3) is 0.316. The number of aryl methyl sites for hydroxylation is 1. The van der Waals surface area contributed by atoms with Crippen LogP contribution in [0.25, 0.3) is 11.9 Å². The molecule has 1 aliphatic heterocycles. The summed E-state index contributed by atoms with van der Waals surface area (Å²) in [6.45, 7) is 8.89. The molecule has 0 bridgehead atoms. The third kappa shape index (κ3) is 3.19. The number of carbonyl (C=O) groups excluding carboxylic acids is 1. The summed E-state index contributed by atoms with van der Waals surface area (Å²) in [6, 6.07) is 4.90. The molecule has 1 amide bonds. The van der Waals surface area contributed by atoms with Crippen LogP contribution in [0, 0.1) is 19.7 Å². The molecule has 1 aliphatic rings. The number of nitrogens with zero attached hydrogens (tertiary/aromatic N) is 4. The summed E-state index contributed by atoms with van der Waals surface area (Å²) in [5, 5.41) is 0.732. The molecule has 3 heterocycles. The van der Waals surface area contributed by atoms with E-state index in [1.165, 1.54) is 17.8 Å². The monoisotopic (exact) mass is 372 g/mol. The van der Waals surface area contributed by atoms with E-state index in [4.69, 9.17) is 0 Å². The zero-order valence-corrected chi connectivity index (χ0v) is 16.1. The summed E-state index contributed by atoms with van der Waals surface area (Å²) >= 11 is 1.38. The maximum absolute atomic E-state index is 14.2. The van der Waals surface area contributed by atoms with Crippen molar-refractivity contribution in [3.8, 4) is 5.82 Å². The van der Waals surface area contributed by atoms with E-state index >= 15 is 0 Å². The van der Waals surface area contributed by atoms with Crippen molar-refractivity contribution >= 4 is 28.9 Å². The molecule has 0 aliphatic carbocycles. The molecule has 0 spiro atoms. The smallest absolute Gasteiger partial charge is 0.266 e. The molecular weight excluding hydrogens is 351 g/mol. The van der Waals surface area contributed by atoms with Crippen LogP contribution in [0.15, 0.2) is 34.3 Å². The van der Waals surface area contributed by atoms with Crippen LogP contribution in [-0.2, 0) is 4.79 Å². The summed E-state index contributed by atoms with van der Waals surface area (Å²) in [5.74, 6) is -0.158. The van der Waals surface area contributed by atoms with E-state index in [9.17, 15) is 9.18 Å². The lowest BCUT2D eigenvalue weighted by Gasteiger charge is -2.11. The maximum Gasteiger partial charge on any atom is 0.266 e. The van der Waals surface area contributed by atoms with Crippen molar-refractivity contribution in [2.75, 3.05) is 13.1 Å². The SMILES string of the molecule is CCN=C1S/C(=C/c2cc(C)n(-c3ncccc3F)c2C)C(=O)N1CC. The number of amidine groups is 1. The Kier molecular flexibility index (Phi) is 5.27. The first-order valence-electron chi connectivity index (χ1n) is 8.53. The Morgan fingerprint density at radius 3 is 2.77 bits per heavy atom. The van der Waals surface area contributed by atoms with Crippen LogP contribution in [0.4, 0.5) is 4.39 Å². The van der Waals surface area contributed by atoms with E-state index in [1.807, 2.05) is 39.8 Å². The van der Waals surface area contributed by atoms with Gasteiger partial charge in [0.2, 0.25) is 0 Å². The molecule has 0 unspecified atom stereocenters. The van der Waals surface area contributed by atoms with E-state index in [-0.39, 0.29) is 17.5 Å². The molecule has 3 rings (SSSR count). The van der Waals surface area contributed by atoms with Gasteiger partial charge in [-0.15, -0.1) is 0 Å². The molecular formula is C19H21FN4OS. The number of hydrogen-bond acceptors (Lipinski definition) is 4. The average molecular weight is 372 g/mol. The summed E-state index contributed by atoms with van der Waals surface area (Å²) in [6.07, 6.45) is 3.42. The standard InChI is InChI=1S/C19H21FN4OS/c1-5-21-19-23(6-2)18(25)16(26-19)11-14-10-12(3)24(13(14)4)17-15(20)8-7-9-22-17/h7-11H,5-6H2,1-4H3/b16-11+,21-19?. The van der Waals surface area contributed by atoms with Gasteiger partial charge >= 0.3 is 0 Å². The lowest BCUT2D eigenvalue weighted by molar-refractivity contribution is -0.122. The molecule has 136 valence electrons. The zero-order chi connectivity index (χ0) is 18.8. The number of likely N-dealkylation sites (N-methyl/N-ethyl adjacent to an activating group) is 1. The predicted molar refractivity (Wildman–Crippen MR) is 104 cm³/mol. The average Bonchev–Trinajstić information content (AvgIpc) is 3.05. The quantitative estimate of drug-likeness (QED) is 0.764. The minimum atomic E-state index is -0.380. The summed E-state index contributed by atoms with van der Waals surface area (Å²) in [5.41, 5.74) is 2.57. The molecule has 0 N–H and O–H groups in total. The highest BCUT2D eigenvalue weighted by atomic mass is 32.2. The first-order chi connectivity index (χ1) is 12.5. The van der Waals surface area contributed by atoms with Gasteiger partial charge in [0.15, 0.2) is 16.8 Å². The fourth-order valence-electron chi connectivity index (χ4n) is 2.98. The number of aromatic nitrogens is 2. The van der Waals surface area contributed by atoms with Gasteiger partial charge in [-0.2, -0.15) is 0 Å². The largest absolute Gasteiger partial charge is 0.300 e. The Morgan fingerprint density at radius 2 is 2.12 bits per heavy atom. The number of carbonyl (C=O) groups is 1. The number of aliphatic imine (C=N–C) groups is 1. The van der Waals surface area contributed by atoms with E-state index in [0.29, 0.717) is 18.0 Å². The van der Waals surface area contributed by atoms with Crippen molar-refractivity contribution in [3.63, 3.8) is 0 Å². The second kappa shape index (κ2) is 7.45. The van der Waals surface area contributed by atoms with Gasteiger partial charge in [-0.25, -0.2) is 9.37 Å². The van der Waals surface area contributed by atoms with Crippen molar-refractivity contribution < 1.29 is 9.18 Å². The van der Waals surface area contributed by atoms with E-state index in [0.717, 1.165) is 22.1 Å². The number of amides is 1. The van der Waals surface area contributed by atoms with Crippen molar-refractivity contribution in [1.29, 1.82) is 0 Å². The highest BCUT2D eigenvalue weighted by Gasteiger charge is 2.32. The van der Waals surface area contributed by atoms with Crippen molar-refractivity contribution in [3.05, 3.63) is 52.1 Å². The summed E-state index contributed by atoms with van der Waals surface area (Å²) in [7, 11) is 0. The molecule has 0 aromatic carbocycles. The van der Waals surface area contributed by atoms with E-state index < -0.39 is 0 Å². The predicted octanol–water partition coefficient (Wildman–Crippen LogP) is 3.94. The minimum Gasteiger partial charge on any atom is -0.300 e. The van der Waals surface area contributed by atoms with Crippen LogP contribution in [-0.4, -0.2) is 38.6 Å². The molecule has 26 heavy (non-hydrogen) atoms. The Balaban J connectivity index is 2.03. The molecule has 2 aromatic heterocycles. The van der Waals surface area contributed by atoms with Gasteiger partial charge in [0.05, 0.1) is 4.91 Å². The van der Waals surface area contributed by atoms with Gasteiger partial charge in [-0.05, 0) is 69.3 Å². The number of thioether (sulfide) groups is 1.